The van der Waals surface area contributed by atoms with Crippen molar-refractivity contribution in [2.75, 3.05) is 19.8 Å². The predicted octanol–water partition coefficient (Wildman–Crippen LogP) is 1.73. The van der Waals surface area contributed by atoms with Crippen LogP contribution in [0.2, 0.25) is 0 Å². The van der Waals surface area contributed by atoms with Crippen LogP contribution in [0.4, 0.5) is 0 Å². The van der Waals surface area contributed by atoms with E-state index in [0.717, 1.165) is 38.0 Å². The summed E-state index contributed by atoms with van der Waals surface area (Å²) in [7, 11) is 0. The van der Waals surface area contributed by atoms with E-state index in [-0.39, 0.29) is 0 Å². The summed E-state index contributed by atoms with van der Waals surface area (Å²) in [5, 5.41) is 10.6. The highest BCUT2D eigenvalue weighted by atomic mass is 16.7. The Kier molecular flexibility index (Phi) is 2.89. The highest BCUT2D eigenvalue weighted by molar-refractivity contribution is 5.14. The van der Waals surface area contributed by atoms with Crippen LogP contribution in [-0.4, -0.2) is 36.3 Å². The van der Waals surface area contributed by atoms with E-state index >= 15 is 0 Å². The van der Waals surface area contributed by atoms with Crippen LogP contribution >= 0.6 is 0 Å². The van der Waals surface area contributed by atoms with Gasteiger partial charge in [0.15, 0.2) is 5.79 Å². The molecule has 4 heteroatoms. The third kappa shape index (κ3) is 2.09. The Morgan fingerprint density at radius 2 is 1.71 bits per heavy atom. The first-order valence-corrected chi connectivity index (χ1v) is 6.56. The van der Waals surface area contributed by atoms with Crippen molar-refractivity contribution in [3.8, 4) is 0 Å². The van der Waals surface area contributed by atoms with Gasteiger partial charge < -0.3 is 19.3 Å². The lowest BCUT2D eigenvalue weighted by Gasteiger charge is -2.41. The second kappa shape index (κ2) is 4.26. The van der Waals surface area contributed by atoms with Crippen molar-refractivity contribution in [3.63, 3.8) is 0 Å². The minimum absolute atomic E-state index is 0.415. The minimum atomic E-state index is -0.791. The Labute approximate surface area is 102 Å². The average Bonchev–Trinajstić information content (AvgIpc) is 2.84. The van der Waals surface area contributed by atoms with E-state index in [9.17, 15) is 5.11 Å². The van der Waals surface area contributed by atoms with Crippen LogP contribution in [0.25, 0.3) is 0 Å². The predicted molar refractivity (Wildman–Crippen MR) is 61.3 cm³/mol. The van der Waals surface area contributed by atoms with Crippen molar-refractivity contribution in [2.24, 2.45) is 0 Å². The fourth-order valence-corrected chi connectivity index (χ4v) is 2.96. The highest BCUT2D eigenvalue weighted by Crippen LogP contribution is 2.43. The number of aliphatic hydroxyl groups is 1. The van der Waals surface area contributed by atoms with Gasteiger partial charge in [-0.05, 0) is 31.8 Å². The second-order valence-corrected chi connectivity index (χ2v) is 5.20. The van der Waals surface area contributed by atoms with Crippen molar-refractivity contribution >= 4 is 0 Å². The van der Waals surface area contributed by atoms with E-state index in [1.54, 1.807) is 0 Å². The summed E-state index contributed by atoms with van der Waals surface area (Å²) in [6.07, 6.45) is 6.94. The van der Waals surface area contributed by atoms with Gasteiger partial charge >= 0.3 is 0 Å². The number of ether oxygens (including phenoxy) is 3. The number of rotatable bonds is 1. The van der Waals surface area contributed by atoms with Crippen LogP contribution in [0.5, 0.6) is 0 Å². The van der Waals surface area contributed by atoms with E-state index in [1.165, 1.54) is 0 Å². The van der Waals surface area contributed by atoms with E-state index in [4.69, 9.17) is 14.2 Å². The maximum atomic E-state index is 10.6. The first-order chi connectivity index (χ1) is 8.23. The van der Waals surface area contributed by atoms with Gasteiger partial charge in [0.25, 0.3) is 0 Å². The SMILES string of the molecule is OC1(C2=CCCCO2)CCC2(CC1)OCCO2. The lowest BCUT2D eigenvalue weighted by atomic mass is 9.79. The van der Waals surface area contributed by atoms with Crippen molar-refractivity contribution < 1.29 is 19.3 Å². The summed E-state index contributed by atoms with van der Waals surface area (Å²) in [5.74, 6) is 0.359. The van der Waals surface area contributed by atoms with Crippen LogP contribution in [0, 0.1) is 0 Å². The van der Waals surface area contributed by atoms with Crippen LogP contribution < -0.4 is 0 Å². The first kappa shape index (κ1) is 11.5. The third-order valence-electron chi connectivity index (χ3n) is 4.05. The molecule has 2 heterocycles. The van der Waals surface area contributed by atoms with Gasteiger partial charge in [-0.1, -0.05) is 0 Å². The maximum absolute atomic E-state index is 10.6. The molecule has 3 aliphatic rings. The van der Waals surface area contributed by atoms with Crippen molar-refractivity contribution in [1.29, 1.82) is 0 Å². The summed E-state index contributed by atoms with van der Waals surface area (Å²) in [5.41, 5.74) is -0.791. The number of hydrogen-bond acceptors (Lipinski definition) is 4. The Bertz CT molecular complexity index is 307. The zero-order valence-corrected chi connectivity index (χ0v) is 10.1. The molecule has 1 aliphatic carbocycles. The molecule has 1 N–H and O–H groups in total. The monoisotopic (exact) mass is 240 g/mol. The third-order valence-corrected chi connectivity index (χ3v) is 4.05. The molecule has 0 amide bonds. The molecule has 1 saturated carbocycles. The Morgan fingerprint density at radius 3 is 2.29 bits per heavy atom. The molecule has 0 aromatic heterocycles. The van der Waals surface area contributed by atoms with E-state index in [1.807, 2.05) is 6.08 Å². The Balaban J connectivity index is 1.68. The topological polar surface area (TPSA) is 47.9 Å². The van der Waals surface area contributed by atoms with Gasteiger partial charge in [0, 0.05) is 12.8 Å². The zero-order valence-electron chi connectivity index (χ0n) is 10.1. The number of hydrogen-bond donors (Lipinski definition) is 1. The average molecular weight is 240 g/mol. The van der Waals surface area contributed by atoms with E-state index < -0.39 is 11.4 Å². The van der Waals surface area contributed by atoms with E-state index in [0.29, 0.717) is 26.1 Å². The minimum Gasteiger partial charge on any atom is -0.495 e. The van der Waals surface area contributed by atoms with Gasteiger partial charge in [-0.25, -0.2) is 0 Å². The molecule has 17 heavy (non-hydrogen) atoms. The van der Waals surface area contributed by atoms with Gasteiger partial charge in [0.05, 0.1) is 19.8 Å². The molecule has 0 atom stereocenters. The molecule has 96 valence electrons. The molecule has 0 aromatic rings. The van der Waals surface area contributed by atoms with Crippen molar-refractivity contribution in [3.05, 3.63) is 11.8 Å². The summed E-state index contributed by atoms with van der Waals surface area (Å²) >= 11 is 0. The van der Waals surface area contributed by atoms with Gasteiger partial charge in [-0.3, -0.25) is 0 Å². The van der Waals surface area contributed by atoms with Crippen LogP contribution in [-0.2, 0) is 14.2 Å². The van der Waals surface area contributed by atoms with Gasteiger partial charge in [-0.15, -0.1) is 0 Å². The zero-order chi connectivity index (χ0) is 11.8. The molecule has 1 spiro atoms. The molecular formula is C13H20O4. The van der Waals surface area contributed by atoms with Crippen LogP contribution in [0.15, 0.2) is 11.8 Å². The fraction of sp³-hybridized carbons (Fsp3) is 0.846. The molecule has 2 aliphatic heterocycles. The molecule has 0 aromatic carbocycles. The Hall–Kier alpha value is -0.580. The molecule has 0 bridgehead atoms. The van der Waals surface area contributed by atoms with Crippen LogP contribution in [0.1, 0.15) is 38.5 Å². The quantitative estimate of drug-likeness (QED) is 0.758. The summed E-state index contributed by atoms with van der Waals surface area (Å²) in [4.78, 5) is 0. The van der Waals surface area contributed by atoms with Gasteiger partial charge in [-0.2, -0.15) is 0 Å². The summed E-state index contributed by atoms with van der Waals surface area (Å²) in [6.45, 7) is 2.08. The maximum Gasteiger partial charge on any atom is 0.168 e. The molecule has 2 fully saturated rings. The van der Waals surface area contributed by atoms with Crippen LogP contribution in [0.3, 0.4) is 0 Å². The fourth-order valence-electron chi connectivity index (χ4n) is 2.96. The standard InChI is InChI=1S/C13H20O4/c14-12(11-3-1-2-8-15-11)4-6-13(7-5-12)16-9-10-17-13/h3,14H,1-2,4-10H2. The normalized spacial score (nSPS) is 31.0. The Morgan fingerprint density at radius 1 is 1.00 bits per heavy atom. The van der Waals surface area contributed by atoms with Gasteiger partial charge in [0.2, 0.25) is 0 Å². The lowest BCUT2D eigenvalue weighted by molar-refractivity contribution is -0.202. The largest absolute Gasteiger partial charge is 0.495 e. The molecule has 0 unspecified atom stereocenters. The molecule has 4 nitrogen and oxygen atoms in total. The summed E-state index contributed by atoms with van der Waals surface area (Å²) in [6, 6.07) is 0. The molecule has 1 saturated heterocycles. The van der Waals surface area contributed by atoms with Gasteiger partial charge in [0.1, 0.15) is 11.4 Å². The number of allylic oxidation sites excluding steroid dienone is 1. The van der Waals surface area contributed by atoms with E-state index in [2.05, 4.69) is 0 Å². The highest BCUT2D eigenvalue weighted by Gasteiger charge is 2.47. The smallest absolute Gasteiger partial charge is 0.168 e. The van der Waals surface area contributed by atoms with Crippen molar-refractivity contribution in [1.82, 2.24) is 0 Å². The van der Waals surface area contributed by atoms with Crippen molar-refractivity contribution in [2.45, 2.75) is 49.9 Å². The summed E-state index contributed by atoms with van der Waals surface area (Å²) < 4.78 is 16.9. The molecular weight excluding hydrogens is 220 g/mol. The molecule has 0 radical (unpaired) electrons. The first-order valence-electron chi connectivity index (χ1n) is 6.56. The second-order valence-electron chi connectivity index (χ2n) is 5.20. The molecule has 3 rings (SSSR count). The lowest BCUT2D eigenvalue weighted by Crippen LogP contribution is -2.45.